The van der Waals surface area contributed by atoms with Crippen molar-refractivity contribution in [3.8, 4) is 10.7 Å². The van der Waals surface area contributed by atoms with Gasteiger partial charge >= 0.3 is 0 Å². The zero-order valence-electron chi connectivity index (χ0n) is 9.83. The zero-order valence-corrected chi connectivity index (χ0v) is 12.2. The predicted octanol–water partition coefficient (Wildman–Crippen LogP) is 3.29. The molecule has 7 heteroatoms. The van der Waals surface area contributed by atoms with Crippen LogP contribution in [-0.2, 0) is 0 Å². The fraction of sp³-hybridized carbons (Fsp3) is 0.273. The van der Waals surface area contributed by atoms with Crippen LogP contribution in [0.4, 0.5) is 0 Å². The van der Waals surface area contributed by atoms with Gasteiger partial charge in [0, 0.05) is 23.8 Å². The molecule has 0 radical (unpaired) electrons. The molecule has 3 aromatic rings. The van der Waals surface area contributed by atoms with Crippen LogP contribution in [0, 0.1) is 0 Å². The van der Waals surface area contributed by atoms with E-state index in [1.807, 2.05) is 16.9 Å². The third-order valence-electron chi connectivity index (χ3n) is 2.60. The molecule has 0 saturated heterocycles. The van der Waals surface area contributed by atoms with E-state index in [1.165, 1.54) is 11.5 Å². The minimum absolute atomic E-state index is 0.292. The van der Waals surface area contributed by atoms with Crippen LogP contribution in [0.3, 0.4) is 0 Å². The van der Waals surface area contributed by atoms with Crippen LogP contribution < -0.4 is 0 Å². The topological polar surface area (TPSA) is 56.5 Å². The Labute approximate surface area is 116 Å². The van der Waals surface area contributed by atoms with E-state index in [9.17, 15) is 0 Å². The van der Waals surface area contributed by atoms with Crippen LogP contribution >= 0.6 is 27.5 Å². The van der Waals surface area contributed by atoms with Crippen LogP contribution in [0.15, 0.2) is 23.2 Å². The quantitative estimate of drug-likeness (QED) is 0.726. The van der Waals surface area contributed by atoms with Gasteiger partial charge in [0.05, 0.1) is 5.52 Å². The lowest BCUT2D eigenvalue weighted by atomic mass is 10.2. The smallest absolute Gasteiger partial charge is 0.209 e. The van der Waals surface area contributed by atoms with Gasteiger partial charge < -0.3 is 0 Å². The SMILES string of the molecule is CC(C)n1nc(-c2nc(Br)ns2)c2cnccc21. The van der Waals surface area contributed by atoms with Crippen LogP contribution in [0.5, 0.6) is 0 Å². The molecule has 92 valence electrons. The highest BCUT2D eigenvalue weighted by molar-refractivity contribution is 9.10. The number of pyridine rings is 1. The summed E-state index contributed by atoms with van der Waals surface area (Å²) in [4.78, 5) is 8.49. The van der Waals surface area contributed by atoms with Crippen LogP contribution in [-0.4, -0.2) is 24.1 Å². The van der Waals surface area contributed by atoms with Crippen molar-refractivity contribution in [3.05, 3.63) is 23.2 Å². The average molecular weight is 324 g/mol. The van der Waals surface area contributed by atoms with Gasteiger partial charge in [0.2, 0.25) is 4.73 Å². The first-order chi connectivity index (χ1) is 8.66. The number of fused-ring (bicyclic) bond motifs is 1. The Kier molecular flexibility index (Phi) is 2.87. The highest BCUT2D eigenvalue weighted by Crippen LogP contribution is 2.30. The first-order valence-electron chi connectivity index (χ1n) is 5.48. The van der Waals surface area contributed by atoms with Gasteiger partial charge in [-0.05, 0) is 47.4 Å². The summed E-state index contributed by atoms with van der Waals surface area (Å²) in [5.74, 6) is 0. The minimum Gasteiger partial charge on any atom is -0.264 e. The van der Waals surface area contributed by atoms with Crippen molar-refractivity contribution in [1.29, 1.82) is 0 Å². The van der Waals surface area contributed by atoms with Gasteiger partial charge in [0.1, 0.15) is 5.69 Å². The Morgan fingerprint density at radius 3 is 2.89 bits per heavy atom. The Morgan fingerprint density at radius 1 is 1.39 bits per heavy atom. The summed E-state index contributed by atoms with van der Waals surface area (Å²) < 4.78 is 6.72. The molecule has 0 aromatic carbocycles. The number of aromatic nitrogens is 5. The van der Waals surface area contributed by atoms with Crippen molar-refractivity contribution < 1.29 is 0 Å². The molecule has 3 heterocycles. The molecule has 0 bridgehead atoms. The lowest BCUT2D eigenvalue weighted by Crippen LogP contribution is -2.02. The van der Waals surface area contributed by atoms with Gasteiger partial charge in [-0.1, -0.05) is 0 Å². The van der Waals surface area contributed by atoms with E-state index >= 15 is 0 Å². The molecule has 0 spiro atoms. The second-order valence-corrected chi connectivity index (χ2v) is 5.61. The van der Waals surface area contributed by atoms with Crippen LogP contribution in [0.1, 0.15) is 19.9 Å². The largest absolute Gasteiger partial charge is 0.264 e. The molecule has 0 unspecified atom stereocenters. The summed E-state index contributed by atoms with van der Waals surface area (Å²) in [6.07, 6.45) is 3.61. The lowest BCUT2D eigenvalue weighted by Gasteiger charge is -2.05. The normalized spacial score (nSPS) is 11.6. The molecule has 3 aromatic heterocycles. The highest BCUT2D eigenvalue weighted by Gasteiger charge is 2.16. The van der Waals surface area contributed by atoms with E-state index in [2.05, 4.69) is 49.2 Å². The standard InChI is InChI=1S/C11H10BrN5S/c1-6(2)17-8-3-4-13-5-7(8)9(15-17)10-14-11(12)16-18-10/h3-6H,1-2H3. The van der Waals surface area contributed by atoms with E-state index in [0.29, 0.717) is 10.8 Å². The predicted molar refractivity (Wildman–Crippen MR) is 74.5 cm³/mol. The van der Waals surface area contributed by atoms with E-state index in [0.717, 1.165) is 21.6 Å². The van der Waals surface area contributed by atoms with Crippen molar-refractivity contribution in [1.82, 2.24) is 24.1 Å². The number of halogens is 1. The Balaban J connectivity index is 2.30. The Bertz CT molecular complexity index is 702. The molecule has 0 aliphatic rings. The third kappa shape index (κ3) is 1.83. The summed E-state index contributed by atoms with van der Waals surface area (Å²) in [5.41, 5.74) is 1.91. The third-order valence-corrected chi connectivity index (χ3v) is 3.91. The van der Waals surface area contributed by atoms with E-state index in [-0.39, 0.29) is 0 Å². The molecule has 0 atom stereocenters. The first-order valence-corrected chi connectivity index (χ1v) is 7.05. The minimum atomic E-state index is 0.292. The molecule has 0 fully saturated rings. The van der Waals surface area contributed by atoms with Gasteiger partial charge in [0.25, 0.3) is 0 Å². The van der Waals surface area contributed by atoms with Crippen molar-refractivity contribution >= 4 is 38.4 Å². The molecule has 3 rings (SSSR count). The Morgan fingerprint density at radius 2 is 2.22 bits per heavy atom. The average Bonchev–Trinajstić information content (AvgIpc) is 2.92. The molecule has 0 amide bonds. The van der Waals surface area contributed by atoms with Gasteiger partial charge in [-0.2, -0.15) is 9.47 Å². The van der Waals surface area contributed by atoms with E-state index in [4.69, 9.17) is 0 Å². The second kappa shape index (κ2) is 4.40. The maximum atomic E-state index is 4.64. The molecular formula is C11H10BrN5S. The van der Waals surface area contributed by atoms with Gasteiger partial charge in [-0.3, -0.25) is 9.67 Å². The van der Waals surface area contributed by atoms with Crippen molar-refractivity contribution in [2.24, 2.45) is 0 Å². The van der Waals surface area contributed by atoms with Crippen LogP contribution in [0.25, 0.3) is 21.6 Å². The second-order valence-electron chi connectivity index (χ2n) is 4.15. The monoisotopic (exact) mass is 323 g/mol. The molecule has 0 aliphatic carbocycles. The maximum Gasteiger partial charge on any atom is 0.209 e. The highest BCUT2D eigenvalue weighted by atomic mass is 79.9. The van der Waals surface area contributed by atoms with Crippen molar-refractivity contribution in [3.63, 3.8) is 0 Å². The summed E-state index contributed by atoms with van der Waals surface area (Å²) >= 11 is 4.60. The summed E-state index contributed by atoms with van der Waals surface area (Å²) in [6.45, 7) is 4.21. The summed E-state index contributed by atoms with van der Waals surface area (Å²) in [6, 6.07) is 2.27. The first kappa shape index (κ1) is 11.7. The summed E-state index contributed by atoms with van der Waals surface area (Å²) in [7, 11) is 0. The number of nitrogens with zero attached hydrogens (tertiary/aromatic N) is 5. The fourth-order valence-corrected chi connectivity index (χ4v) is 2.92. The van der Waals surface area contributed by atoms with Gasteiger partial charge in [-0.15, -0.1) is 0 Å². The van der Waals surface area contributed by atoms with Gasteiger partial charge in [-0.25, -0.2) is 4.98 Å². The van der Waals surface area contributed by atoms with E-state index < -0.39 is 0 Å². The van der Waals surface area contributed by atoms with Crippen molar-refractivity contribution in [2.75, 3.05) is 0 Å². The Hall–Kier alpha value is -1.34. The fourth-order valence-electron chi connectivity index (χ4n) is 1.84. The van der Waals surface area contributed by atoms with Crippen LogP contribution in [0.2, 0.25) is 0 Å². The van der Waals surface area contributed by atoms with E-state index in [1.54, 1.807) is 6.20 Å². The summed E-state index contributed by atoms with van der Waals surface area (Å²) in [5, 5.41) is 6.45. The van der Waals surface area contributed by atoms with Gasteiger partial charge in [0.15, 0.2) is 5.01 Å². The molecule has 0 N–H and O–H groups in total. The van der Waals surface area contributed by atoms with Crippen molar-refractivity contribution in [2.45, 2.75) is 19.9 Å². The molecule has 5 nitrogen and oxygen atoms in total. The molecular weight excluding hydrogens is 314 g/mol. The lowest BCUT2D eigenvalue weighted by molar-refractivity contribution is 0.552. The molecule has 0 saturated carbocycles. The molecule has 0 aliphatic heterocycles. The molecule has 18 heavy (non-hydrogen) atoms. The number of hydrogen-bond acceptors (Lipinski definition) is 5. The number of rotatable bonds is 2. The number of hydrogen-bond donors (Lipinski definition) is 0. The maximum absolute atomic E-state index is 4.64. The zero-order chi connectivity index (χ0) is 12.7.